The van der Waals surface area contributed by atoms with Crippen LogP contribution in [0.1, 0.15) is 53.1 Å². The molecule has 6 heterocycles. The fraction of sp³-hybridized carbons (Fsp3) is 0.254. The van der Waals surface area contributed by atoms with Crippen LogP contribution in [0, 0.1) is 39.0 Å². The second kappa shape index (κ2) is 26.0. The Hall–Kier alpha value is -9.58. The number of fused-ring (bicyclic) bond motifs is 3. The minimum atomic E-state index is -2.27. The van der Waals surface area contributed by atoms with E-state index in [-0.39, 0.29) is 17.7 Å². The summed E-state index contributed by atoms with van der Waals surface area (Å²) in [6.07, 6.45) is 3.37. The number of carboxylic acids is 2. The van der Waals surface area contributed by atoms with Crippen LogP contribution in [0.3, 0.4) is 0 Å². The van der Waals surface area contributed by atoms with Crippen molar-refractivity contribution in [1.29, 1.82) is 5.26 Å². The molecule has 6 aromatic heterocycles. The zero-order chi connectivity index (χ0) is 57.8. The molecule has 408 valence electrons. The number of amides is 3. The summed E-state index contributed by atoms with van der Waals surface area (Å²) < 4.78 is 5.71. The SMILES string of the molecule is CCN(C(C)=O)c1cccc(-c2ccnc3c(C#N)cnn23)c1.Cc1ccc(-c2nc3ccc(C)cn3c2CC(=O)N(C)C)cc1.Cc1ccc(-c2nc3ccc(C)cn3c2CC(=O)N(C)C)cc1.O=C(O)[C@H](O)[C@@H](O)C(=O)O. The number of aromatic nitrogens is 7. The number of benzene rings is 3. The average Bonchev–Trinajstić information content (AvgIpc) is 4.18. The van der Waals surface area contributed by atoms with Gasteiger partial charge in [-0.3, -0.25) is 14.4 Å². The van der Waals surface area contributed by atoms with Crippen LogP contribution in [-0.4, -0.2) is 140 Å². The topological polar surface area (TPSA) is 265 Å². The Kier molecular flexibility index (Phi) is 19.3. The first-order valence-corrected chi connectivity index (χ1v) is 25.0. The summed E-state index contributed by atoms with van der Waals surface area (Å²) in [5.74, 6) is -3.40. The van der Waals surface area contributed by atoms with Crippen molar-refractivity contribution in [3.05, 3.63) is 167 Å². The van der Waals surface area contributed by atoms with Crippen molar-refractivity contribution in [3.8, 4) is 39.8 Å². The highest BCUT2D eigenvalue weighted by atomic mass is 16.4. The van der Waals surface area contributed by atoms with E-state index < -0.39 is 24.1 Å². The van der Waals surface area contributed by atoms with E-state index in [2.05, 4.69) is 78.5 Å². The molecule has 3 aromatic carbocycles. The van der Waals surface area contributed by atoms with Gasteiger partial charge in [0.05, 0.1) is 47.5 Å². The molecule has 79 heavy (non-hydrogen) atoms. The molecular formula is C59H63N11O9. The van der Waals surface area contributed by atoms with Crippen LogP contribution in [-0.2, 0) is 36.8 Å². The standard InChI is InChI=1S/2C19H21N3O.C17H15N5O.C4H6O6/c2*1-13-5-8-15(9-6-13)19-16(11-18(23)21(3)4)22-12-14(2)7-10-17(22)20-19;1-3-21(12(2)23)15-6-4-5-13(9-15)16-7-8-19-17-14(10-18)11-20-22(16)17;5-1(3(7)8)2(6)4(9)10/h2*5-10,12H,11H2,1-4H3;4-9,11H,3H2,1-2H3;1-2,5-6H,(H,7,8)(H,9,10)/t;;;1-,2-/m...1/s1. The molecule has 0 saturated heterocycles. The molecule has 0 spiro atoms. The number of aryl methyl sites for hydroxylation is 4. The summed E-state index contributed by atoms with van der Waals surface area (Å²) in [6.45, 7) is 12.3. The van der Waals surface area contributed by atoms with Crippen molar-refractivity contribution in [1.82, 2.24) is 43.2 Å². The van der Waals surface area contributed by atoms with Gasteiger partial charge in [-0.15, -0.1) is 0 Å². The molecule has 4 N–H and O–H groups in total. The smallest absolute Gasteiger partial charge is 0.335 e. The molecule has 0 radical (unpaired) electrons. The van der Waals surface area contributed by atoms with Crippen LogP contribution in [0.25, 0.3) is 50.7 Å². The number of anilines is 1. The van der Waals surface area contributed by atoms with Gasteiger partial charge in [0.1, 0.15) is 22.9 Å². The average molecular weight is 1070 g/mol. The van der Waals surface area contributed by atoms with Gasteiger partial charge in [-0.2, -0.15) is 10.4 Å². The predicted molar refractivity (Wildman–Crippen MR) is 299 cm³/mol. The minimum Gasteiger partial charge on any atom is -0.479 e. The third kappa shape index (κ3) is 14.3. The number of carboxylic acid groups (broad SMARTS) is 2. The van der Waals surface area contributed by atoms with Crippen molar-refractivity contribution < 1.29 is 44.4 Å². The van der Waals surface area contributed by atoms with E-state index in [1.54, 1.807) is 60.5 Å². The quantitative estimate of drug-likeness (QED) is 0.0959. The minimum absolute atomic E-state index is 0.00428. The highest BCUT2D eigenvalue weighted by Crippen LogP contribution is 2.29. The van der Waals surface area contributed by atoms with Gasteiger partial charge in [0.25, 0.3) is 0 Å². The molecule has 3 amide bonds. The molecule has 0 aliphatic carbocycles. The Bertz CT molecular complexity index is 3540. The summed E-state index contributed by atoms with van der Waals surface area (Å²) in [6, 6.07) is 36.2. The molecule has 0 aliphatic rings. The number of rotatable bonds is 12. The number of aliphatic carboxylic acids is 2. The summed E-state index contributed by atoms with van der Waals surface area (Å²) in [5, 5.41) is 45.9. The summed E-state index contributed by atoms with van der Waals surface area (Å²) >= 11 is 0. The number of carbonyl (C=O) groups is 5. The van der Waals surface area contributed by atoms with E-state index in [4.69, 9.17) is 35.7 Å². The van der Waals surface area contributed by atoms with Gasteiger partial charge in [-0.25, -0.2) is 29.1 Å². The molecule has 0 saturated carbocycles. The second-order valence-corrected chi connectivity index (χ2v) is 19.0. The van der Waals surface area contributed by atoms with E-state index in [0.29, 0.717) is 30.6 Å². The first-order valence-electron chi connectivity index (χ1n) is 25.0. The maximum absolute atomic E-state index is 12.3. The Morgan fingerprint density at radius 2 is 1.09 bits per heavy atom. The predicted octanol–water partition coefficient (Wildman–Crippen LogP) is 7.02. The number of nitriles is 1. The number of imidazole rings is 2. The lowest BCUT2D eigenvalue weighted by atomic mass is 10.1. The first kappa shape index (κ1) is 58.7. The number of hydrogen-bond donors (Lipinski definition) is 4. The normalized spacial score (nSPS) is 11.4. The molecule has 20 heteroatoms. The van der Waals surface area contributed by atoms with Crippen LogP contribution in [0.15, 0.2) is 128 Å². The molecule has 0 aliphatic heterocycles. The van der Waals surface area contributed by atoms with E-state index in [1.807, 2.05) is 96.6 Å². The fourth-order valence-corrected chi connectivity index (χ4v) is 8.10. The number of hydrogen-bond acceptors (Lipinski definition) is 12. The van der Waals surface area contributed by atoms with Crippen LogP contribution in [0.5, 0.6) is 0 Å². The van der Waals surface area contributed by atoms with E-state index in [9.17, 15) is 24.0 Å². The van der Waals surface area contributed by atoms with Gasteiger partial charge >= 0.3 is 11.9 Å². The number of likely N-dealkylation sites (N-methyl/N-ethyl adjacent to an activating group) is 2. The van der Waals surface area contributed by atoms with Crippen LogP contribution < -0.4 is 4.90 Å². The number of aliphatic hydroxyl groups excluding tert-OH is 2. The van der Waals surface area contributed by atoms with Crippen LogP contribution >= 0.6 is 0 Å². The highest BCUT2D eigenvalue weighted by Gasteiger charge is 2.29. The van der Waals surface area contributed by atoms with Crippen molar-refractivity contribution in [2.75, 3.05) is 39.6 Å². The highest BCUT2D eigenvalue weighted by molar-refractivity contribution is 5.92. The lowest BCUT2D eigenvalue weighted by Gasteiger charge is -2.19. The third-order valence-electron chi connectivity index (χ3n) is 12.5. The number of nitrogens with zero attached hydrogens (tertiary/aromatic N) is 11. The number of carbonyl (C=O) groups excluding carboxylic acids is 3. The Labute approximate surface area is 456 Å². The van der Waals surface area contributed by atoms with Crippen molar-refractivity contribution in [2.45, 2.75) is 66.6 Å². The summed E-state index contributed by atoms with van der Waals surface area (Å²) in [4.78, 5) is 74.5. The Morgan fingerprint density at radius 3 is 1.49 bits per heavy atom. The zero-order valence-corrected chi connectivity index (χ0v) is 45.6. The zero-order valence-electron chi connectivity index (χ0n) is 45.6. The Balaban J connectivity index is 0.000000176. The summed E-state index contributed by atoms with van der Waals surface area (Å²) in [5.41, 5.74) is 15.7. The number of pyridine rings is 2. The second-order valence-electron chi connectivity index (χ2n) is 19.0. The van der Waals surface area contributed by atoms with E-state index in [0.717, 1.165) is 73.3 Å². The molecule has 9 rings (SSSR count). The lowest BCUT2D eigenvalue weighted by Crippen LogP contribution is -2.39. The molecule has 0 unspecified atom stereocenters. The van der Waals surface area contributed by atoms with E-state index >= 15 is 0 Å². The maximum Gasteiger partial charge on any atom is 0.335 e. The Morgan fingerprint density at radius 1 is 0.633 bits per heavy atom. The van der Waals surface area contributed by atoms with Crippen molar-refractivity contribution in [3.63, 3.8) is 0 Å². The number of aliphatic hydroxyl groups is 2. The largest absolute Gasteiger partial charge is 0.479 e. The van der Waals surface area contributed by atoms with Gasteiger partial charge in [0, 0.05) is 82.6 Å². The molecule has 0 bridgehead atoms. The third-order valence-corrected chi connectivity index (χ3v) is 12.5. The van der Waals surface area contributed by atoms with Gasteiger partial charge < -0.3 is 43.9 Å². The van der Waals surface area contributed by atoms with E-state index in [1.165, 1.54) is 17.3 Å². The van der Waals surface area contributed by atoms with Crippen LogP contribution in [0.2, 0.25) is 0 Å². The lowest BCUT2D eigenvalue weighted by molar-refractivity contribution is -0.165. The monoisotopic (exact) mass is 1070 g/mol. The van der Waals surface area contributed by atoms with Crippen molar-refractivity contribution in [2.24, 2.45) is 0 Å². The van der Waals surface area contributed by atoms with Gasteiger partial charge in [-0.05, 0) is 76.1 Å². The molecule has 20 nitrogen and oxygen atoms in total. The van der Waals surface area contributed by atoms with Gasteiger partial charge in [-0.1, -0.05) is 83.9 Å². The molecular weight excluding hydrogens is 1010 g/mol. The molecule has 2 atom stereocenters. The van der Waals surface area contributed by atoms with Gasteiger partial charge in [0.2, 0.25) is 17.7 Å². The fourth-order valence-electron chi connectivity index (χ4n) is 8.10. The molecule has 9 aromatic rings. The maximum atomic E-state index is 12.3. The van der Waals surface area contributed by atoms with Crippen LogP contribution in [0.4, 0.5) is 5.69 Å². The first-order chi connectivity index (χ1) is 37.5. The van der Waals surface area contributed by atoms with Crippen molar-refractivity contribution >= 4 is 52.3 Å². The summed E-state index contributed by atoms with van der Waals surface area (Å²) in [7, 11) is 7.12. The molecule has 0 fully saturated rings. The van der Waals surface area contributed by atoms with Gasteiger partial charge in [0.15, 0.2) is 17.9 Å².